The Kier molecular flexibility index (Phi) is 9.15. The van der Waals surface area contributed by atoms with Crippen LogP contribution < -0.4 is 14.2 Å². The lowest BCUT2D eigenvalue weighted by Gasteiger charge is -2.09. The summed E-state index contributed by atoms with van der Waals surface area (Å²) in [4.78, 5) is 24.0. The molecule has 3 aromatic rings. The lowest BCUT2D eigenvalue weighted by Crippen LogP contribution is -2.08. The summed E-state index contributed by atoms with van der Waals surface area (Å²) in [6.07, 6.45) is 10.5. The molecule has 0 unspecified atom stereocenters. The maximum atomic E-state index is 12.5. The second-order valence-electron chi connectivity index (χ2n) is 9.23. The van der Waals surface area contributed by atoms with Gasteiger partial charge in [0.25, 0.3) is 0 Å². The summed E-state index contributed by atoms with van der Waals surface area (Å²) in [5, 5.41) is 0. The first-order chi connectivity index (χ1) is 17.6. The summed E-state index contributed by atoms with van der Waals surface area (Å²) < 4.78 is 16.5. The largest absolute Gasteiger partial charge is 0.494 e. The molecule has 0 N–H and O–H groups in total. The van der Waals surface area contributed by atoms with Crippen molar-refractivity contribution in [1.82, 2.24) is 0 Å². The van der Waals surface area contributed by atoms with E-state index in [9.17, 15) is 9.59 Å². The zero-order valence-corrected chi connectivity index (χ0v) is 21.0. The van der Waals surface area contributed by atoms with Crippen LogP contribution in [-0.2, 0) is 11.2 Å². The van der Waals surface area contributed by atoms with Crippen LogP contribution in [-0.4, -0.2) is 18.5 Å². The van der Waals surface area contributed by atoms with Gasteiger partial charge in [-0.15, -0.1) is 0 Å². The first-order valence-corrected chi connectivity index (χ1v) is 13.0. The van der Waals surface area contributed by atoms with Gasteiger partial charge in [-0.3, -0.25) is 4.79 Å². The molecule has 0 saturated carbocycles. The smallest absolute Gasteiger partial charge is 0.343 e. The minimum absolute atomic E-state index is 0.247. The fraction of sp³-hybridized carbons (Fsp3) is 0.355. The quantitative estimate of drug-likeness (QED) is 0.142. The Morgan fingerprint density at radius 3 is 2.08 bits per heavy atom. The minimum Gasteiger partial charge on any atom is -0.494 e. The van der Waals surface area contributed by atoms with E-state index in [1.807, 2.05) is 36.4 Å². The number of hydrogen-bond acceptors (Lipinski definition) is 5. The number of ether oxygens (including phenoxy) is 3. The van der Waals surface area contributed by atoms with Gasteiger partial charge >= 0.3 is 11.9 Å². The van der Waals surface area contributed by atoms with Crippen LogP contribution >= 0.6 is 0 Å². The zero-order chi connectivity index (χ0) is 25.2. The van der Waals surface area contributed by atoms with Crippen molar-refractivity contribution >= 4 is 11.9 Å². The first kappa shape index (κ1) is 25.5. The van der Waals surface area contributed by atoms with Gasteiger partial charge in [0.1, 0.15) is 17.2 Å². The van der Waals surface area contributed by atoms with Gasteiger partial charge in [-0.25, -0.2) is 4.79 Å². The standard InChI is InChI=1S/C31H34O5/c1-2-3-4-5-6-7-8-9-20-34-27-17-14-24(15-18-27)23-10-12-25(13-11-23)31(33)35-28-19-16-26-21-30(32)36-29(26)22-28/h10-19,22H,2-9,20-21H2,1H3. The van der Waals surface area contributed by atoms with E-state index >= 15 is 0 Å². The maximum Gasteiger partial charge on any atom is 0.343 e. The average molecular weight is 487 g/mol. The predicted molar refractivity (Wildman–Crippen MR) is 141 cm³/mol. The molecule has 188 valence electrons. The van der Waals surface area contributed by atoms with Crippen molar-refractivity contribution in [3.8, 4) is 28.4 Å². The van der Waals surface area contributed by atoms with Crippen molar-refractivity contribution in [2.24, 2.45) is 0 Å². The Hall–Kier alpha value is -3.60. The summed E-state index contributed by atoms with van der Waals surface area (Å²) in [7, 11) is 0. The molecule has 1 aliphatic heterocycles. The highest BCUT2D eigenvalue weighted by molar-refractivity contribution is 5.92. The second-order valence-corrected chi connectivity index (χ2v) is 9.23. The molecular weight excluding hydrogens is 452 g/mol. The number of esters is 2. The second kappa shape index (κ2) is 12.9. The molecule has 5 nitrogen and oxygen atoms in total. The Bertz CT molecular complexity index is 1150. The number of rotatable bonds is 13. The Morgan fingerprint density at radius 2 is 1.39 bits per heavy atom. The van der Waals surface area contributed by atoms with E-state index in [4.69, 9.17) is 14.2 Å². The molecule has 0 bridgehead atoms. The highest BCUT2D eigenvalue weighted by atomic mass is 16.5. The van der Waals surface area contributed by atoms with Gasteiger partial charge in [0.15, 0.2) is 0 Å². The van der Waals surface area contributed by atoms with E-state index in [0.29, 0.717) is 17.1 Å². The van der Waals surface area contributed by atoms with Crippen LogP contribution in [0.2, 0.25) is 0 Å². The van der Waals surface area contributed by atoms with Gasteiger partial charge in [-0.05, 0) is 47.9 Å². The minimum atomic E-state index is -0.462. The van der Waals surface area contributed by atoms with Crippen molar-refractivity contribution in [1.29, 1.82) is 0 Å². The van der Waals surface area contributed by atoms with Gasteiger partial charge in [-0.1, -0.05) is 82.2 Å². The van der Waals surface area contributed by atoms with Crippen LogP contribution in [0.3, 0.4) is 0 Å². The van der Waals surface area contributed by atoms with E-state index < -0.39 is 5.97 Å². The highest BCUT2D eigenvalue weighted by Gasteiger charge is 2.21. The fourth-order valence-electron chi connectivity index (χ4n) is 4.29. The number of benzene rings is 3. The van der Waals surface area contributed by atoms with E-state index in [1.54, 1.807) is 30.3 Å². The molecule has 0 atom stereocenters. The molecule has 36 heavy (non-hydrogen) atoms. The third-order valence-electron chi connectivity index (χ3n) is 6.38. The highest BCUT2D eigenvalue weighted by Crippen LogP contribution is 2.30. The molecule has 0 saturated heterocycles. The molecule has 0 spiro atoms. The SMILES string of the molecule is CCCCCCCCCCOc1ccc(-c2ccc(C(=O)Oc3ccc4c(c3)OC(=O)C4)cc2)cc1. The molecule has 5 heteroatoms. The summed E-state index contributed by atoms with van der Waals surface area (Å²) in [6, 6.07) is 20.3. The average Bonchev–Trinajstić information content (AvgIpc) is 3.27. The van der Waals surface area contributed by atoms with E-state index in [-0.39, 0.29) is 12.4 Å². The van der Waals surface area contributed by atoms with Crippen LogP contribution in [0.1, 0.15) is 74.2 Å². The van der Waals surface area contributed by atoms with Crippen LogP contribution in [0.4, 0.5) is 0 Å². The van der Waals surface area contributed by atoms with Crippen molar-refractivity contribution in [3.63, 3.8) is 0 Å². The van der Waals surface area contributed by atoms with Gasteiger partial charge in [-0.2, -0.15) is 0 Å². The number of hydrogen-bond donors (Lipinski definition) is 0. The van der Waals surface area contributed by atoms with Gasteiger partial charge in [0.2, 0.25) is 0 Å². The topological polar surface area (TPSA) is 61.8 Å². The number of unbranched alkanes of at least 4 members (excludes halogenated alkanes) is 7. The fourth-order valence-corrected chi connectivity index (χ4v) is 4.29. The van der Waals surface area contributed by atoms with Crippen LogP contribution in [0, 0.1) is 0 Å². The van der Waals surface area contributed by atoms with E-state index in [1.165, 1.54) is 44.9 Å². The molecule has 0 amide bonds. The molecule has 0 aromatic heterocycles. The van der Waals surface area contributed by atoms with Gasteiger partial charge < -0.3 is 14.2 Å². The molecule has 0 aliphatic carbocycles. The Balaban J connectivity index is 1.22. The third-order valence-corrected chi connectivity index (χ3v) is 6.38. The normalized spacial score (nSPS) is 12.2. The summed E-state index contributed by atoms with van der Waals surface area (Å²) >= 11 is 0. The molecule has 0 radical (unpaired) electrons. The Morgan fingerprint density at radius 1 is 0.778 bits per heavy atom. The Labute approximate surface area is 213 Å². The number of carbonyl (C=O) groups is 2. The summed E-state index contributed by atoms with van der Waals surface area (Å²) in [5.74, 6) is 0.913. The van der Waals surface area contributed by atoms with Crippen LogP contribution in [0.25, 0.3) is 11.1 Å². The van der Waals surface area contributed by atoms with Crippen molar-refractivity contribution in [2.75, 3.05) is 6.61 Å². The third kappa shape index (κ3) is 7.20. The first-order valence-electron chi connectivity index (χ1n) is 13.0. The van der Waals surface area contributed by atoms with E-state index in [0.717, 1.165) is 35.5 Å². The van der Waals surface area contributed by atoms with Crippen LogP contribution in [0.15, 0.2) is 66.7 Å². The molecule has 0 fully saturated rings. The molecule has 1 aliphatic rings. The maximum absolute atomic E-state index is 12.5. The predicted octanol–water partition coefficient (Wildman–Crippen LogP) is 7.55. The van der Waals surface area contributed by atoms with Gasteiger partial charge in [0, 0.05) is 11.6 Å². The summed E-state index contributed by atoms with van der Waals surface area (Å²) in [5.41, 5.74) is 3.30. The molecule has 1 heterocycles. The monoisotopic (exact) mass is 486 g/mol. The molecule has 4 rings (SSSR count). The van der Waals surface area contributed by atoms with Crippen molar-refractivity contribution in [2.45, 2.75) is 64.7 Å². The summed E-state index contributed by atoms with van der Waals surface area (Å²) in [6.45, 7) is 3.00. The van der Waals surface area contributed by atoms with Gasteiger partial charge in [0.05, 0.1) is 18.6 Å². The zero-order valence-electron chi connectivity index (χ0n) is 21.0. The lowest BCUT2D eigenvalue weighted by atomic mass is 10.0. The number of fused-ring (bicyclic) bond motifs is 1. The van der Waals surface area contributed by atoms with Crippen molar-refractivity contribution in [3.05, 3.63) is 77.9 Å². The van der Waals surface area contributed by atoms with E-state index in [2.05, 4.69) is 6.92 Å². The van der Waals surface area contributed by atoms with Crippen LogP contribution in [0.5, 0.6) is 17.2 Å². The molecule has 3 aromatic carbocycles. The lowest BCUT2D eigenvalue weighted by molar-refractivity contribution is -0.131. The number of carbonyl (C=O) groups excluding carboxylic acids is 2. The van der Waals surface area contributed by atoms with Crippen molar-refractivity contribution < 1.29 is 23.8 Å². The molecular formula is C31H34O5.